The highest BCUT2D eigenvalue weighted by atomic mass is 16.2. The molecule has 0 aliphatic heterocycles. The van der Waals surface area contributed by atoms with Gasteiger partial charge in [-0.25, -0.2) is 0 Å². The number of aromatic nitrogens is 1. The minimum Gasteiger partial charge on any atom is -0.378 e. The van der Waals surface area contributed by atoms with Crippen LogP contribution < -0.4 is 4.90 Å². The maximum Gasteiger partial charge on any atom is 0.254 e. The van der Waals surface area contributed by atoms with Crippen molar-refractivity contribution in [3.63, 3.8) is 0 Å². The van der Waals surface area contributed by atoms with E-state index in [1.54, 1.807) is 30.6 Å². The first-order valence-electron chi connectivity index (χ1n) is 11.1. The molecule has 1 heterocycles. The van der Waals surface area contributed by atoms with Gasteiger partial charge in [0.2, 0.25) is 0 Å². The minimum atomic E-state index is -0.221. The van der Waals surface area contributed by atoms with Crippen molar-refractivity contribution in [2.45, 2.75) is 0 Å². The molecular formula is C30H26N2O2. The van der Waals surface area contributed by atoms with E-state index in [2.05, 4.69) is 0 Å². The normalized spacial score (nSPS) is 11.2. The van der Waals surface area contributed by atoms with Crippen LogP contribution in [0.4, 0.5) is 5.69 Å². The summed E-state index contributed by atoms with van der Waals surface area (Å²) in [6, 6.07) is 26.9. The lowest BCUT2D eigenvalue weighted by molar-refractivity contribution is 0.0970. The first-order chi connectivity index (χ1) is 16.5. The Labute approximate surface area is 200 Å². The van der Waals surface area contributed by atoms with Crippen LogP contribution in [0.3, 0.4) is 0 Å². The number of hydrogen-bond donors (Lipinski definition) is 0. The van der Waals surface area contributed by atoms with Gasteiger partial charge < -0.3 is 4.90 Å². The summed E-state index contributed by atoms with van der Waals surface area (Å²) in [5.74, 6) is -0.345. The number of allylic oxidation sites excluding steroid dienone is 1. The molecule has 0 fully saturated rings. The molecule has 4 aromatic rings. The molecule has 4 nitrogen and oxygen atoms in total. The second-order valence-corrected chi connectivity index (χ2v) is 8.13. The largest absolute Gasteiger partial charge is 0.378 e. The molecule has 0 atom stereocenters. The van der Waals surface area contributed by atoms with Crippen molar-refractivity contribution in [2.24, 2.45) is 0 Å². The van der Waals surface area contributed by atoms with Crippen LogP contribution in [0, 0.1) is 0 Å². The summed E-state index contributed by atoms with van der Waals surface area (Å²) in [6.07, 6.45) is 10.4. The Hall–Kier alpha value is -4.44. The van der Waals surface area contributed by atoms with Crippen molar-refractivity contribution in [3.8, 4) is 0 Å². The smallest absolute Gasteiger partial charge is 0.254 e. The number of benzene rings is 3. The Morgan fingerprint density at radius 3 is 1.97 bits per heavy atom. The standard InChI is InChI=1S/C30H26N2O2/c1-31(2)27-18-14-24(15-19-27)13-17-26-21-32(29(33)20-16-23-9-5-3-6-10-23)22-28(26)30(34)25-11-7-4-8-12-25/h3-22H,1-2H3/b17-13+,20-16+. The summed E-state index contributed by atoms with van der Waals surface area (Å²) in [7, 11) is 4.00. The quantitative estimate of drug-likeness (QED) is 0.247. The molecule has 1 aromatic heterocycles. The van der Waals surface area contributed by atoms with Crippen molar-refractivity contribution in [2.75, 3.05) is 19.0 Å². The highest BCUT2D eigenvalue weighted by Crippen LogP contribution is 2.20. The zero-order valence-electron chi connectivity index (χ0n) is 19.3. The topological polar surface area (TPSA) is 42.3 Å². The van der Waals surface area contributed by atoms with Crippen LogP contribution in [0.2, 0.25) is 0 Å². The molecular weight excluding hydrogens is 420 g/mol. The predicted octanol–water partition coefficient (Wildman–Crippen LogP) is 6.31. The highest BCUT2D eigenvalue weighted by Gasteiger charge is 2.16. The summed E-state index contributed by atoms with van der Waals surface area (Å²) in [5, 5.41) is 0. The fourth-order valence-electron chi connectivity index (χ4n) is 3.55. The van der Waals surface area contributed by atoms with E-state index >= 15 is 0 Å². The number of rotatable bonds is 7. The summed E-state index contributed by atoms with van der Waals surface area (Å²) in [5.41, 5.74) is 4.80. The van der Waals surface area contributed by atoms with Gasteiger partial charge in [-0.3, -0.25) is 14.2 Å². The van der Waals surface area contributed by atoms with Crippen LogP contribution >= 0.6 is 0 Å². The van der Waals surface area contributed by atoms with Crippen LogP contribution in [0.15, 0.2) is 103 Å². The first-order valence-corrected chi connectivity index (χ1v) is 11.1. The van der Waals surface area contributed by atoms with Crippen molar-refractivity contribution in [1.29, 1.82) is 0 Å². The van der Waals surface area contributed by atoms with E-state index in [4.69, 9.17) is 0 Å². The van der Waals surface area contributed by atoms with Crippen LogP contribution in [0.25, 0.3) is 18.2 Å². The molecule has 0 N–H and O–H groups in total. The van der Waals surface area contributed by atoms with Crippen LogP contribution in [-0.4, -0.2) is 30.4 Å². The fraction of sp³-hybridized carbons (Fsp3) is 0.0667. The Morgan fingerprint density at radius 2 is 1.32 bits per heavy atom. The Kier molecular flexibility index (Phi) is 6.99. The minimum absolute atomic E-state index is 0.123. The molecule has 0 aliphatic rings. The lowest BCUT2D eigenvalue weighted by Gasteiger charge is -2.11. The van der Waals surface area contributed by atoms with E-state index in [0.29, 0.717) is 16.7 Å². The van der Waals surface area contributed by atoms with Gasteiger partial charge in [0.05, 0.1) is 0 Å². The molecule has 34 heavy (non-hydrogen) atoms. The molecule has 0 spiro atoms. The second kappa shape index (κ2) is 10.5. The van der Waals surface area contributed by atoms with Gasteiger partial charge in [0.25, 0.3) is 5.91 Å². The van der Waals surface area contributed by atoms with E-state index < -0.39 is 0 Å². The van der Waals surface area contributed by atoms with E-state index in [9.17, 15) is 9.59 Å². The van der Waals surface area contributed by atoms with Gasteiger partial charge in [-0.2, -0.15) is 0 Å². The van der Waals surface area contributed by atoms with Crippen molar-refractivity contribution >= 4 is 35.6 Å². The molecule has 4 rings (SSSR count). The number of anilines is 1. The van der Waals surface area contributed by atoms with Gasteiger partial charge in [-0.1, -0.05) is 84.9 Å². The molecule has 168 valence electrons. The lowest BCUT2D eigenvalue weighted by atomic mass is 10.0. The third-order valence-corrected chi connectivity index (χ3v) is 5.48. The van der Waals surface area contributed by atoms with Gasteiger partial charge in [0.15, 0.2) is 5.78 Å². The summed E-state index contributed by atoms with van der Waals surface area (Å²) in [6.45, 7) is 0. The molecule has 0 aliphatic carbocycles. The highest BCUT2D eigenvalue weighted by molar-refractivity contribution is 6.12. The van der Waals surface area contributed by atoms with Crippen LogP contribution in [0.1, 0.15) is 37.4 Å². The van der Waals surface area contributed by atoms with Crippen LogP contribution in [-0.2, 0) is 0 Å². The van der Waals surface area contributed by atoms with Gasteiger partial charge >= 0.3 is 0 Å². The molecule has 0 bridgehead atoms. The van der Waals surface area contributed by atoms with E-state index in [-0.39, 0.29) is 11.7 Å². The molecule has 0 amide bonds. The summed E-state index contributed by atoms with van der Waals surface area (Å²) < 4.78 is 1.46. The number of carbonyl (C=O) groups is 2. The molecule has 4 heteroatoms. The zero-order chi connectivity index (χ0) is 23.9. The average molecular weight is 447 g/mol. The van der Waals surface area contributed by atoms with Crippen molar-refractivity contribution < 1.29 is 9.59 Å². The molecule has 0 radical (unpaired) electrons. The maximum absolute atomic E-state index is 13.2. The summed E-state index contributed by atoms with van der Waals surface area (Å²) in [4.78, 5) is 28.1. The van der Waals surface area contributed by atoms with Gasteiger partial charge in [0, 0.05) is 54.9 Å². The summed E-state index contributed by atoms with van der Waals surface area (Å²) >= 11 is 0. The van der Waals surface area contributed by atoms with E-state index in [0.717, 1.165) is 16.8 Å². The molecule has 0 unspecified atom stereocenters. The Balaban J connectivity index is 1.65. The predicted molar refractivity (Wildman–Crippen MR) is 140 cm³/mol. The number of nitrogens with zero attached hydrogens (tertiary/aromatic N) is 2. The fourth-order valence-corrected chi connectivity index (χ4v) is 3.55. The molecule has 0 saturated carbocycles. The first kappa shape index (κ1) is 22.7. The number of ketones is 1. The SMILES string of the molecule is CN(C)c1ccc(/C=C/c2cn(C(=O)/C=C/c3ccccc3)cc2C(=O)c2ccccc2)cc1. The van der Waals surface area contributed by atoms with Crippen molar-refractivity contribution in [1.82, 2.24) is 4.57 Å². The molecule has 3 aromatic carbocycles. The average Bonchev–Trinajstić information content (AvgIpc) is 3.31. The van der Waals surface area contributed by atoms with Crippen molar-refractivity contribution in [3.05, 3.63) is 131 Å². The number of carbonyl (C=O) groups excluding carboxylic acids is 2. The zero-order valence-corrected chi connectivity index (χ0v) is 19.3. The Morgan fingerprint density at radius 1 is 0.706 bits per heavy atom. The van der Waals surface area contributed by atoms with Crippen LogP contribution in [0.5, 0.6) is 0 Å². The van der Waals surface area contributed by atoms with E-state index in [1.807, 2.05) is 104 Å². The lowest BCUT2D eigenvalue weighted by Crippen LogP contribution is -2.07. The second-order valence-electron chi connectivity index (χ2n) is 8.13. The van der Waals surface area contributed by atoms with Gasteiger partial charge in [0.1, 0.15) is 0 Å². The monoisotopic (exact) mass is 446 g/mol. The number of hydrogen-bond acceptors (Lipinski definition) is 3. The molecule has 0 saturated heterocycles. The maximum atomic E-state index is 13.2. The van der Waals surface area contributed by atoms with Gasteiger partial charge in [-0.05, 0) is 29.3 Å². The van der Waals surface area contributed by atoms with Gasteiger partial charge in [-0.15, -0.1) is 0 Å². The van der Waals surface area contributed by atoms with E-state index in [1.165, 1.54) is 10.6 Å². The third-order valence-electron chi connectivity index (χ3n) is 5.48. The third kappa shape index (κ3) is 5.48. The Bertz CT molecular complexity index is 1330.